The second-order valence-electron chi connectivity index (χ2n) is 24.2. The molecule has 20 rings (SSSR count). The zero-order chi connectivity index (χ0) is 61.6. The van der Waals surface area contributed by atoms with Crippen molar-refractivity contribution in [1.29, 1.82) is 0 Å². The van der Waals surface area contributed by atoms with E-state index in [-0.39, 0.29) is 0 Å². The van der Waals surface area contributed by atoms with E-state index in [1.54, 1.807) is 0 Å². The van der Waals surface area contributed by atoms with E-state index in [1.165, 1.54) is 74.5 Å². The minimum Gasteiger partial charge on any atom is -0.457 e. The van der Waals surface area contributed by atoms with Crippen LogP contribution in [0, 0.1) is 0 Å². The lowest BCUT2D eigenvalue weighted by molar-refractivity contribution is 0.488. The first-order valence-electron chi connectivity index (χ1n) is 31.6. The Morgan fingerprint density at radius 2 is 0.763 bits per heavy atom. The highest BCUT2D eigenvalue weighted by molar-refractivity contribution is 9.10. The maximum absolute atomic E-state index is 7.07. The van der Waals surface area contributed by atoms with Gasteiger partial charge in [0, 0.05) is 42.7 Å². The molecule has 5 heterocycles. The molecule has 93 heavy (non-hydrogen) atoms. The lowest BCUT2D eigenvalue weighted by atomic mass is 10.0. The average molecular weight is 1290 g/mol. The number of fused-ring (bicyclic) bond motifs is 18. The quantitative estimate of drug-likeness (QED) is 0.161. The molecule has 0 bridgehead atoms. The first kappa shape index (κ1) is 54.9. The van der Waals surface area contributed by atoms with E-state index in [1.807, 2.05) is 42.5 Å². The first-order valence-corrected chi connectivity index (χ1v) is 36.4. The summed E-state index contributed by atoms with van der Waals surface area (Å²) < 4.78 is 29.2. The van der Waals surface area contributed by atoms with Crippen molar-refractivity contribution in [2.45, 2.75) is 6.42 Å². The molecule has 3 aromatic heterocycles. The van der Waals surface area contributed by atoms with Crippen molar-refractivity contribution in [2.24, 2.45) is 0 Å². The van der Waals surface area contributed by atoms with Crippen LogP contribution in [0.25, 0.3) is 82.5 Å². The maximum atomic E-state index is 7.07. The highest BCUT2D eigenvalue weighted by atomic mass is 79.9. The number of ether oxygens (including phenoxy) is 2. The Hall–Kier alpha value is -11.0. The summed E-state index contributed by atoms with van der Waals surface area (Å²) in [7, 11) is -5.32. The first-order chi connectivity index (χ1) is 46.0. The molecule has 3 aliphatic rings. The van der Waals surface area contributed by atoms with Gasteiger partial charge in [0.25, 0.3) is 0 Å². The van der Waals surface area contributed by atoms with Gasteiger partial charge in [-0.25, -0.2) is 0 Å². The lowest BCUT2D eigenvalue weighted by Crippen LogP contribution is -2.76. The number of aromatic nitrogens is 1. The number of furan rings is 2. The summed E-state index contributed by atoms with van der Waals surface area (Å²) in [5.74, 6) is 3.93. The van der Waals surface area contributed by atoms with Crippen LogP contribution in [-0.2, 0) is 6.42 Å². The number of para-hydroxylation sites is 5. The minimum atomic E-state index is -2.76. The Balaban J connectivity index is 0.000000117. The Labute approximate surface area is 547 Å². The molecule has 0 spiro atoms. The van der Waals surface area contributed by atoms with Crippen molar-refractivity contribution in [3.63, 3.8) is 0 Å². The zero-order valence-corrected chi connectivity index (χ0v) is 53.9. The van der Waals surface area contributed by atoms with Crippen molar-refractivity contribution in [2.75, 3.05) is 0 Å². The van der Waals surface area contributed by atoms with Crippen LogP contribution in [0.3, 0.4) is 0 Å². The standard InChI is InChI=1S/C42H27NO2Si.C31H22OSi.C12H7BrO/c1-3-13-29(14-4-1)46(30-15-5-2-6-16-30)39-22-12-11-21-38(39)45-42-40(46)26-24-35-41(42)32-18-7-9-19-34(32)43(35)28-23-25-37-33(27-28)31-17-8-10-20-36(31)44-37;1-3-12-24(13-4-1)33(25-14-5-2-6-15-25)28-18-10-9-17-27(28)32-31-29(33)20-19-23-21-22-11-7-8-16-26(22)30(23)31;13-8-5-6-12-10(7-8)9-3-1-2-4-11(9)14-12/h1-27H;1-20H,21H2;1-7H. The van der Waals surface area contributed by atoms with Gasteiger partial charge in [-0.2, -0.15) is 0 Å². The van der Waals surface area contributed by atoms with Crippen LogP contribution in [0.15, 0.2) is 341 Å². The Kier molecular flexibility index (Phi) is 13.1. The molecule has 5 nitrogen and oxygen atoms in total. The molecule has 0 radical (unpaired) electrons. The average Bonchev–Trinajstić information content (AvgIpc) is 1.65. The van der Waals surface area contributed by atoms with E-state index in [0.717, 1.165) is 94.5 Å². The molecule has 0 saturated heterocycles. The fraction of sp³-hybridized carbons (Fsp3) is 0.0118. The Morgan fingerprint density at radius 3 is 1.37 bits per heavy atom. The molecular weight excluding hydrogens is 1240 g/mol. The highest BCUT2D eigenvalue weighted by Gasteiger charge is 2.50. The smallest absolute Gasteiger partial charge is 0.188 e. The van der Waals surface area contributed by atoms with Gasteiger partial charge in [0.05, 0.1) is 16.4 Å². The van der Waals surface area contributed by atoms with Gasteiger partial charge in [-0.3, -0.25) is 0 Å². The van der Waals surface area contributed by atoms with Crippen molar-refractivity contribution in [1.82, 2.24) is 4.57 Å². The molecule has 0 unspecified atom stereocenters. The van der Waals surface area contributed by atoms with Gasteiger partial charge in [0.2, 0.25) is 0 Å². The summed E-state index contributed by atoms with van der Waals surface area (Å²) in [5, 5.41) is 17.6. The van der Waals surface area contributed by atoms with Crippen LogP contribution in [0.5, 0.6) is 23.0 Å². The summed E-state index contributed by atoms with van der Waals surface area (Å²) in [4.78, 5) is 0. The Morgan fingerprint density at radius 1 is 0.312 bits per heavy atom. The number of hydrogen-bond donors (Lipinski definition) is 0. The van der Waals surface area contributed by atoms with E-state index >= 15 is 0 Å². The topological polar surface area (TPSA) is 49.7 Å². The predicted molar refractivity (Wildman–Crippen MR) is 392 cm³/mol. The van der Waals surface area contributed by atoms with E-state index in [9.17, 15) is 0 Å². The second kappa shape index (κ2) is 22.1. The predicted octanol–water partition coefficient (Wildman–Crippen LogP) is 17.3. The van der Waals surface area contributed by atoms with E-state index < -0.39 is 16.1 Å². The van der Waals surface area contributed by atoms with Gasteiger partial charge in [-0.1, -0.05) is 271 Å². The number of rotatable bonds is 5. The Bertz CT molecular complexity index is 5680. The summed E-state index contributed by atoms with van der Waals surface area (Å²) in [5.41, 5.74) is 12.4. The van der Waals surface area contributed by atoms with Crippen molar-refractivity contribution in [3.8, 4) is 39.8 Å². The monoisotopic (exact) mass is 1290 g/mol. The second-order valence-corrected chi connectivity index (χ2v) is 32.6. The van der Waals surface area contributed by atoms with Crippen molar-refractivity contribution in [3.05, 3.63) is 343 Å². The third-order valence-corrected chi connectivity index (χ3v) is 29.4. The van der Waals surface area contributed by atoms with Gasteiger partial charge in [0.15, 0.2) is 16.1 Å². The van der Waals surface area contributed by atoms with E-state index in [2.05, 4.69) is 306 Å². The molecule has 0 atom stereocenters. The van der Waals surface area contributed by atoms with Gasteiger partial charge in [0.1, 0.15) is 45.3 Å². The van der Waals surface area contributed by atoms with Gasteiger partial charge >= 0.3 is 0 Å². The minimum absolute atomic E-state index is 0.893. The molecule has 17 aromatic rings. The zero-order valence-electron chi connectivity index (χ0n) is 50.3. The van der Waals surface area contributed by atoms with Gasteiger partial charge in [-0.05, 0) is 137 Å². The van der Waals surface area contributed by atoms with Gasteiger partial charge in [-0.15, -0.1) is 0 Å². The van der Waals surface area contributed by atoms with Crippen LogP contribution < -0.4 is 51.0 Å². The lowest BCUT2D eigenvalue weighted by Gasteiger charge is -2.40. The highest BCUT2D eigenvalue weighted by Crippen LogP contribution is 2.46. The fourth-order valence-electron chi connectivity index (χ4n) is 15.4. The summed E-state index contributed by atoms with van der Waals surface area (Å²) in [6, 6.07) is 117. The van der Waals surface area contributed by atoms with Crippen LogP contribution >= 0.6 is 15.9 Å². The molecule has 14 aromatic carbocycles. The molecule has 440 valence electrons. The van der Waals surface area contributed by atoms with Crippen LogP contribution in [0.1, 0.15) is 11.1 Å². The van der Waals surface area contributed by atoms with Crippen LogP contribution in [0.4, 0.5) is 0 Å². The third-order valence-electron chi connectivity index (χ3n) is 19.3. The molecule has 1 aliphatic carbocycles. The largest absolute Gasteiger partial charge is 0.457 e. The van der Waals surface area contributed by atoms with E-state index in [4.69, 9.17) is 18.3 Å². The molecule has 0 N–H and O–H groups in total. The molecule has 2 aliphatic heterocycles. The fourth-order valence-corrected chi connectivity index (χ4v) is 25.7. The van der Waals surface area contributed by atoms with Crippen LogP contribution in [-0.4, -0.2) is 20.7 Å². The normalized spacial score (nSPS) is 13.5. The number of halogens is 1. The summed E-state index contributed by atoms with van der Waals surface area (Å²) in [6.07, 6.45) is 0.967. The molecular formula is C85H56BrNO4Si2. The van der Waals surface area contributed by atoms with Gasteiger partial charge < -0.3 is 22.9 Å². The maximum Gasteiger partial charge on any atom is 0.188 e. The molecule has 0 fully saturated rings. The third kappa shape index (κ3) is 8.56. The molecule has 0 saturated carbocycles. The van der Waals surface area contributed by atoms with Crippen molar-refractivity contribution < 1.29 is 18.3 Å². The number of benzene rings is 14. The summed E-state index contributed by atoms with van der Waals surface area (Å²) >= 11 is 3.46. The van der Waals surface area contributed by atoms with Crippen molar-refractivity contribution >= 4 is 139 Å². The summed E-state index contributed by atoms with van der Waals surface area (Å²) in [6.45, 7) is 0. The number of nitrogens with zero attached hydrogens (tertiary/aromatic N) is 1. The van der Waals surface area contributed by atoms with E-state index in [0.29, 0.717) is 0 Å². The molecule has 0 amide bonds. The van der Waals surface area contributed by atoms with Crippen LogP contribution in [0.2, 0.25) is 0 Å². The molecule has 8 heteroatoms. The number of hydrogen-bond acceptors (Lipinski definition) is 4. The SMILES string of the molecule is Brc1ccc2oc3ccccc3c2c1.c1ccc([Si]2(c3ccccc3)c3ccccc3Oc3c2ccc2c3-c3ccccc3C2)cc1.c1ccc([Si]2(c3ccccc3)c3ccccc3Oc3c2ccc2c3c3ccccc3n2-c2ccc3oc4ccccc4c3c2)cc1.